The monoisotopic (exact) mass is 373 g/mol. The van der Waals surface area contributed by atoms with Crippen molar-refractivity contribution in [3.63, 3.8) is 0 Å². The number of hydrogen-bond acceptors (Lipinski definition) is 6. The van der Waals surface area contributed by atoms with Gasteiger partial charge in [-0.3, -0.25) is 4.79 Å². The zero-order valence-corrected chi connectivity index (χ0v) is 15.6. The molecule has 0 fully saturated rings. The Labute approximate surface area is 163 Å². The lowest BCUT2D eigenvalue weighted by molar-refractivity contribution is 0.0945. The average molecular weight is 373 g/mol. The Balaban J connectivity index is 1.73. The van der Waals surface area contributed by atoms with Crippen molar-refractivity contribution >= 4 is 17.4 Å². The molecule has 2 N–H and O–H groups in total. The number of hydrogen-bond donors (Lipinski definition) is 2. The highest BCUT2D eigenvalue weighted by atomic mass is 16.5. The largest absolute Gasteiger partial charge is 0.497 e. The van der Waals surface area contributed by atoms with Crippen LogP contribution in [0.15, 0.2) is 54.6 Å². The Bertz CT molecular complexity index is 1030. The minimum atomic E-state index is -0.307. The number of carbonyl (C=O) groups is 1. The number of benzene rings is 2. The number of anilines is 2. The summed E-state index contributed by atoms with van der Waals surface area (Å²) in [5, 5.41) is 15.1. The van der Waals surface area contributed by atoms with Crippen molar-refractivity contribution in [1.29, 1.82) is 5.26 Å². The number of carbonyl (C=O) groups excluding carboxylic acids is 1. The van der Waals surface area contributed by atoms with Crippen LogP contribution >= 0.6 is 0 Å². The van der Waals surface area contributed by atoms with Crippen LogP contribution in [0.25, 0.3) is 0 Å². The van der Waals surface area contributed by atoms with E-state index in [1.165, 1.54) is 0 Å². The van der Waals surface area contributed by atoms with Crippen LogP contribution in [0.1, 0.15) is 27.4 Å². The van der Waals surface area contributed by atoms with Crippen molar-refractivity contribution < 1.29 is 9.53 Å². The number of ether oxygens (including phenoxy) is 1. The first kappa shape index (κ1) is 18.9. The number of rotatable bonds is 6. The first-order valence-electron chi connectivity index (χ1n) is 8.62. The van der Waals surface area contributed by atoms with E-state index in [1.807, 2.05) is 30.3 Å². The maximum absolute atomic E-state index is 12.5. The number of methoxy groups -OCH3 is 1. The van der Waals surface area contributed by atoms with Gasteiger partial charge < -0.3 is 15.4 Å². The Hall–Kier alpha value is -3.92. The summed E-state index contributed by atoms with van der Waals surface area (Å²) < 4.78 is 5.12. The highest BCUT2D eigenvalue weighted by molar-refractivity contribution is 5.93. The number of aromatic nitrogens is 2. The van der Waals surface area contributed by atoms with Gasteiger partial charge in [-0.25, -0.2) is 9.97 Å². The number of para-hydroxylation sites is 1. The fourth-order valence-corrected chi connectivity index (χ4v) is 2.59. The minimum Gasteiger partial charge on any atom is -0.497 e. The second-order valence-corrected chi connectivity index (χ2v) is 6.00. The Kier molecular flexibility index (Phi) is 5.82. The van der Waals surface area contributed by atoms with E-state index in [0.717, 1.165) is 11.3 Å². The topological polar surface area (TPSA) is 99.9 Å². The van der Waals surface area contributed by atoms with Gasteiger partial charge in [0.15, 0.2) is 0 Å². The predicted molar refractivity (Wildman–Crippen MR) is 105 cm³/mol. The fourth-order valence-electron chi connectivity index (χ4n) is 2.59. The maximum Gasteiger partial charge on any atom is 0.270 e. The highest BCUT2D eigenvalue weighted by Gasteiger charge is 2.11. The quantitative estimate of drug-likeness (QED) is 0.687. The van der Waals surface area contributed by atoms with E-state index in [2.05, 4.69) is 26.7 Å². The van der Waals surface area contributed by atoms with E-state index in [4.69, 9.17) is 4.74 Å². The summed E-state index contributed by atoms with van der Waals surface area (Å²) in [4.78, 5) is 21.0. The third-order valence-electron chi connectivity index (χ3n) is 3.99. The molecule has 3 rings (SSSR count). The molecule has 0 atom stereocenters. The molecule has 2 aromatic carbocycles. The predicted octanol–water partition coefficient (Wildman–Crippen LogP) is 3.34. The van der Waals surface area contributed by atoms with Crippen molar-refractivity contribution in [1.82, 2.24) is 15.3 Å². The first-order valence-corrected chi connectivity index (χ1v) is 8.62. The SMILES string of the molecule is COc1ccc(CNC(=O)c2cc(Nc3ccccc3C#N)nc(C)n2)cc1. The van der Waals surface area contributed by atoms with Gasteiger partial charge in [0.1, 0.15) is 29.2 Å². The molecule has 0 aliphatic carbocycles. The van der Waals surface area contributed by atoms with Gasteiger partial charge in [-0.2, -0.15) is 5.26 Å². The average Bonchev–Trinajstić information content (AvgIpc) is 2.72. The molecule has 7 heteroatoms. The molecule has 0 spiro atoms. The lowest BCUT2D eigenvalue weighted by atomic mass is 10.2. The zero-order chi connectivity index (χ0) is 19.9. The molecule has 1 amide bonds. The molecule has 1 aromatic heterocycles. The zero-order valence-electron chi connectivity index (χ0n) is 15.6. The summed E-state index contributed by atoms with van der Waals surface area (Å²) in [5.41, 5.74) is 2.30. The number of amides is 1. The molecule has 1 heterocycles. The van der Waals surface area contributed by atoms with Crippen molar-refractivity contribution in [2.75, 3.05) is 12.4 Å². The molecule has 0 saturated heterocycles. The van der Waals surface area contributed by atoms with Gasteiger partial charge in [-0.1, -0.05) is 24.3 Å². The summed E-state index contributed by atoms with van der Waals surface area (Å²) in [6, 6.07) is 18.2. The van der Waals surface area contributed by atoms with E-state index in [1.54, 1.807) is 38.3 Å². The Morgan fingerprint density at radius 1 is 1.14 bits per heavy atom. The van der Waals surface area contributed by atoms with Gasteiger partial charge in [0.2, 0.25) is 0 Å². The van der Waals surface area contributed by atoms with Gasteiger partial charge in [0.25, 0.3) is 5.91 Å². The molecule has 0 radical (unpaired) electrons. The first-order chi connectivity index (χ1) is 13.6. The number of nitrogens with zero attached hydrogens (tertiary/aromatic N) is 3. The minimum absolute atomic E-state index is 0.248. The lowest BCUT2D eigenvalue weighted by Gasteiger charge is -2.10. The van der Waals surface area contributed by atoms with Crippen molar-refractivity contribution in [3.05, 3.63) is 77.2 Å². The van der Waals surface area contributed by atoms with E-state index in [0.29, 0.717) is 29.4 Å². The van der Waals surface area contributed by atoms with Crippen LogP contribution < -0.4 is 15.4 Å². The van der Waals surface area contributed by atoms with Gasteiger partial charge in [0.05, 0.1) is 18.4 Å². The Morgan fingerprint density at radius 2 is 1.89 bits per heavy atom. The van der Waals surface area contributed by atoms with Crippen LogP contribution in [0.2, 0.25) is 0 Å². The molecule has 0 saturated carbocycles. The van der Waals surface area contributed by atoms with Gasteiger partial charge in [0, 0.05) is 12.6 Å². The smallest absolute Gasteiger partial charge is 0.270 e. The summed E-state index contributed by atoms with van der Waals surface area (Å²) in [7, 11) is 1.61. The van der Waals surface area contributed by atoms with Crippen LogP contribution in [0.3, 0.4) is 0 Å². The van der Waals surface area contributed by atoms with Crippen LogP contribution in [0.5, 0.6) is 5.75 Å². The fraction of sp³-hybridized carbons (Fsp3) is 0.143. The van der Waals surface area contributed by atoms with Crippen LogP contribution in [0.4, 0.5) is 11.5 Å². The molecular formula is C21H19N5O2. The van der Waals surface area contributed by atoms with Gasteiger partial charge in [-0.05, 0) is 36.8 Å². The Morgan fingerprint density at radius 3 is 2.61 bits per heavy atom. The van der Waals surface area contributed by atoms with Crippen LogP contribution in [-0.4, -0.2) is 23.0 Å². The van der Waals surface area contributed by atoms with Crippen LogP contribution in [-0.2, 0) is 6.54 Å². The molecular weight excluding hydrogens is 354 g/mol. The molecule has 0 aliphatic heterocycles. The summed E-state index contributed by atoms with van der Waals surface area (Å²) in [6.07, 6.45) is 0. The second-order valence-electron chi connectivity index (χ2n) is 6.00. The van der Waals surface area contributed by atoms with Crippen molar-refractivity contribution in [3.8, 4) is 11.8 Å². The van der Waals surface area contributed by atoms with Crippen LogP contribution in [0, 0.1) is 18.3 Å². The van der Waals surface area contributed by atoms with Crippen molar-refractivity contribution in [2.24, 2.45) is 0 Å². The molecule has 7 nitrogen and oxygen atoms in total. The van der Waals surface area contributed by atoms with E-state index < -0.39 is 0 Å². The standard InChI is InChI=1S/C21H19N5O2/c1-14-24-19(21(27)23-13-15-7-9-17(28-2)10-8-15)11-20(25-14)26-18-6-4-3-5-16(18)12-22/h3-11H,13H2,1-2H3,(H,23,27)(H,24,25,26). The second kappa shape index (κ2) is 8.64. The van der Waals surface area contributed by atoms with Gasteiger partial charge >= 0.3 is 0 Å². The molecule has 0 aliphatic rings. The third-order valence-corrected chi connectivity index (χ3v) is 3.99. The summed E-state index contributed by atoms with van der Waals surface area (Å²) >= 11 is 0. The highest BCUT2D eigenvalue weighted by Crippen LogP contribution is 2.19. The number of aryl methyl sites for hydroxylation is 1. The lowest BCUT2D eigenvalue weighted by Crippen LogP contribution is -2.24. The normalized spacial score (nSPS) is 10.0. The maximum atomic E-state index is 12.5. The van der Waals surface area contributed by atoms with E-state index in [9.17, 15) is 10.1 Å². The summed E-state index contributed by atoms with van der Waals surface area (Å²) in [5.74, 6) is 1.35. The van der Waals surface area contributed by atoms with E-state index in [-0.39, 0.29) is 11.6 Å². The summed E-state index contributed by atoms with van der Waals surface area (Å²) in [6.45, 7) is 2.08. The van der Waals surface area contributed by atoms with Gasteiger partial charge in [-0.15, -0.1) is 0 Å². The molecule has 140 valence electrons. The molecule has 0 unspecified atom stereocenters. The number of nitriles is 1. The van der Waals surface area contributed by atoms with E-state index >= 15 is 0 Å². The van der Waals surface area contributed by atoms with Crippen molar-refractivity contribution in [2.45, 2.75) is 13.5 Å². The molecule has 3 aromatic rings. The third kappa shape index (κ3) is 4.62. The molecule has 0 bridgehead atoms. The number of nitrogens with one attached hydrogen (secondary N) is 2. The molecule has 28 heavy (non-hydrogen) atoms.